The third kappa shape index (κ3) is 1.50. The Kier molecular flexibility index (Phi) is 0.330. The van der Waals surface area contributed by atoms with Crippen LogP contribution in [0.15, 0.2) is 0 Å². The topological polar surface area (TPSA) is 0 Å². The molecule has 1 fully saturated rings. The largest absolute Gasteiger partial charge is 0.0625 e. The van der Waals surface area contributed by atoms with Crippen LogP contribution in [0.5, 0.6) is 0 Å². The summed E-state index contributed by atoms with van der Waals surface area (Å²) >= 11 is 0. The standard InChI is InChI=1S/C7H14/c1-7-5-3-2-4-6-7/h7H,2-6H2,1H3/i2D2,3D2,5D2,6D2,7D. The van der Waals surface area contributed by atoms with Crippen molar-refractivity contribution in [3.8, 4) is 0 Å². The van der Waals surface area contributed by atoms with E-state index in [1.165, 1.54) is 0 Å². The quantitative estimate of drug-likeness (QED) is 0.446. The number of rotatable bonds is 0. The van der Waals surface area contributed by atoms with Gasteiger partial charge in [-0.05, 0) is 5.89 Å². The van der Waals surface area contributed by atoms with Gasteiger partial charge in [0.05, 0.1) is 0 Å². The summed E-state index contributed by atoms with van der Waals surface area (Å²) in [5.74, 6) is -2.34. The van der Waals surface area contributed by atoms with E-state index in [0.29, 0.717) is 0 Å². The summed E-state index contributed by atoms with van der Waals surface area (Å²) in [6.45, 7) is 0.972. The molecule has 0 spiro atoms. The molecule has 0 saturated heterocycles. The molecule has 7 heavy (non-hydrogen) atoms. The van der Waals surface area contributed by atoms with Gasteiger partial charge in [0.25, 0.3) is 0 Å². The Morgan fingerprint density at radius 2 is 2.43 bits per heavy atom. The lowest BCUT2D eigenvalue weighted by Crippen LogP contribution is -1.99. The Labute approximate surface area is 58.6 Å². The number of hydrogen-bond acceptors (Lipinski definition) is 0. The van der Waals surface area contributed by atoms with Crippen LogP contribution in [0.2, 0.25) is 0 Å². The van der Waals surface area contributed by atoms with Gasteiger partial charge in [-0.1, -0.05) is 38.8 Å². The highest BCUT2D eigenvalue weighted by Crippen LogP contribution is 2.21. The summed E-state index contributed by atoms with van der Waals surface area (Å²) in [6.07, 6.45) is -11.7. The van der Waals surface area contributed by atoms with E-state index in [-0.39, 0.29) is 0 Å². The fourth-order valence-electron chi connectivity index (χ4n) is 0.403. The third-order valence-electron chi connectivity index (χ3n) is 0.780. The van der Waals surface area contributed by atoms with Crippen molar-refractivity contribution < 1.29 is 12.3 Å². The fourth-order valence-corrected chi connectivity index (χ4v) is 0.403. The Bertz CT molecular complexity index is 275. The van der Waals surface area contributed by atoms with Crippen molar-refractivity contribution in [2.24, 2.45) is 5.89 Å². The summed E-state index contributed by atoms with van der Waals surface area (Å²) in [4.78, 5) is 0. The molecule has 0 aliphatic heterocycles. The van der Waals surface area contributed by atoms with E-state index in [0.717, 1.165) is 6.92 Å². The molecular formula is C7H14. The van der Waals surface area contributed by atoms with E-state index in [1.807, 2.05) is 0 Å². The van der Waals surface area contributed by atoms with E-state index in [1.54, 1.807) is 0 Å². The molecule has 0 aromatic carbocycles. The SMILES string of the molecule is [2H]C1([2H])CC([2H])([2H])C([2H])(C)C([2H])([2H])C1([2H])[2H]. The maximum Gasteiger partial charge on any atom is 0.0300 e. The van der Waals surface area contributed by atoms with Crippen molar-refractivity contribution in [2.45, 2.75) is 38.8 Å². The van der Waals surface area contributed by atoms with Crippen LogP contribution in [0, 0.1) is 5.89 Å². The average molecular weight is 107 g/mol. The molecule has 1 aliphatic carbocycles. The van der Waals surface area contributed by atoms with E-state index in [9.17, 15) is 0 Å². The van der Waals surface area contributed by atoms with Gasteiger partial charge in [0.1, 0.15) is 0 Å². The molecule has 0 nitrogen and oxygen atoms in total. The van der Waals surface area contributed by atoms with Crippen molar-refractivity contribution in [1.29, 1.82) is 0 Å². The predicted molar refractivity (Wildman–Crippen MR) is 32.2 cm³/mol. The first-order valence-corrected chi connectivity index (χ1v) is 2.21. The second kappa shape index (κ2) is 2.34. The van der Waals surface area contributed by atoms with Crippen LogP contribution in [0.3, 0.4) is 0 Å². The van der Waals surface area contributed by atoms with Crippen LogP contribution in [-0.4, -0.2) is 0 Å². The molecule has 0 N–H and O–H groups in total. The van der Waals surface area contributed by atoms with Crippen molar-refractivity contribution in [3.63, 3.8) is 0 Å². The van der Waals surface area contributed by atoms with Crippen molar-refractivity contribution in [2.75, 3.05) is 0 Å². The van der Waals surface area contributed by atoms with E-state index < -0.39 is 37.8 Å². The van der Waals surface area contributed by atoms with E-state index in [4.69, 9.17) is 12.3 Å². The molecule has 42 valence electrons. The van der Waals surface area contributed by atoms with Crippen LogP contribution >= 0.6 is 0 Å². The van der Waals surface area contributed by atoms with Crippen LogP contribution < -0.4 is 0 Å². The molecule has 1 rings (SSSR count). The van der Waals surface area contributed by atoms with E-state index >= 15 is 0 Å². The van der Waals surface area contributed by atoms with Crippen LogP contribution in [-0.2, 0) is 0 Å². The lowest BCUT2D eigenvalue weighted by molar-refractivity contribution is 0.385. The first-order chi connectivity index (χ1) is 6.71. The first-order valence-electron chi connectivity index (χ1n) is 6.71. The van der Waals surface area contributed by atoms with Gasteiger partial charge in [-0.2, -0.15) is 0 Å². The van der Waals surface area contributed by atoms with E-state index in [2.05, 4.69) is 0 Å². The zero-order chi connectivity index (χ0) is 13.2. The molecular weight excluding hydrogens is 84.1 g/mol. The zero-order valence-electron chi connectivity index (χ0n) is 13.2. The Balaban J connectivity index is 3.43. The van der Waals surface area contributed by atoms with Crippen molar-refractivity contribution >= 4 is 0 Å². The second-order valence-corrected chi connectivity index (χ2v) is 1.41. The van der Waals surface area contributed by atoms with Gasteiger partial charge < -0.3 is 0 Å². The van der Waals surface area contributed by atoms with Gasteiger partial charge in [-0.3, -0.25) is 0 Å². The highest BCUT2D eigenvalue weighted by molar-refractivity contribution is 4.59. The van der Waals surface area contributed by atoms with Gasteiger partial charge >= 0.3 is 0 Å². The maximum absolute atomic E-state index is 7.71. The molecule has 1 atom stereocenters. The predicted octanol–water partition coefficient (Wildman–Crippen LogP) is 2.59. The minimum absolute atomic E-state index is 0.827. The Morgan fingerprint density at radius 3 is 3.29 bits per heavy atom. The second-order valence-electron chi connectivity index (χ2n) is 1.41. The molecule has 1 unspecified atom stereocenters. The minimum atomic E-state index is -2.91. The van der Waals surface area contributed by atoms with Crippen LogP contribution in [0.1, 0.15) is 51.2 Å². The molecule has 1 aliphatic rings. The van der Waals surface area contributed by atoms with Crippen LogP contribution in [0.4, 0.5) is 0 Å². The van der Waals surface area contributed by atoms with Gasteiger partial charge in [0.15, 0.2) is 0 Å². The molecule has 0 aromatic heterocycles. The van der Waals surface area contributed by atoms with Gasteiger partial charge in [-0.25, -0.2) is 0 Å². The third-order valence-corrected chi connectivity index (χ3v) is 0.780. The zero-order valence-corrected chi connectivity index (χ0v) is 4.21. The molecule has 1 saturated carbocycles. The minimum Gasteiger partial charge on any atom is -0.0625 e. The molecule has 0 amide bonds. The molecule has 0 bridgehead atoms. The van der Waals surface area contributed by atoms with Crippen molar-refractivity contribution in [1.82, 2.24) is 0 Å². The Hall–Kier alpha value is 0. The monoisotopic (exact) mass is 107 g/mol. The lowest BCUT2D eigenvalue weighted by Gasteiger charge is -2.15. The fraction of sp³-hybridized carbons (Fsp3) is 1.00. The summed E-state index contributed by atoms with van der Waals surface area (Å²) in [5.41, 5.74) is 0. The van der Waals surface area contributed by atoms with Gasteiger partial charge in [0, 0.05) is 12.3 Å². The van der Waals surface area contributed by atoms with Gasteiger partial charge in [-0.15, -0.1) is 0 Å². The summed E-state index contributed by atoms with van der Waals surface area (Å²) in [7, 11) is 0. The normalized spacial score (nSPS) is 91.3. The van der Waals surface area contributed by atoms with Crippen molar-refractivity contribution in [3.05, 3.63) is 0 Å². The summed E-state index contributed by atoms with van der Waals surface area (Å²) in [5, 5.41) is 0. The highest BCUT2D eigenvalue weighted by Gasteiger charge is 2.05. The molecule has 0 heteroatoms. The van der Waals surface area contributed by atoms with Gasteiger partial charge in [0.2, 0.25) is 0 Å². The summed E-state index contributed by atoms with van der Waals surface area (Å²) in [6, 6.07) is 0. The van der Waals surface area contributed by atoms with Crippen LogP contribution in [0.25, 0.3) is 0 Å². The molecule has 0 aromatic rings. The smallest absolute Gasteiger partial charge is 0.0300 e. The number of hydrogen-bond donors (Lipinski definition) is 0. The maximum atomic E-state index is 7.71. The highest BCUT2D eigenvalue weighted by atomic mass is 14.1. The summed E-state index contributed by atoms with van der Waals surface area (Å²) < 4.78 is 67.8. The first kappa shape index (κ1) is 0.984. The lowest BCUT2D eigenvalue weighted by atomic mass is 9.91. The average Bonchev–Trinajstić information content (AvgIpc) is 1.98. The molecule has 0 heterocycles. The molecule has 0 radical (unpaired) electrons. The Morgan fingerprint density at radius 1 is 1.57 bits per heavy atom.